The number of quaternary nitrogens is 1. The van der Waals surface area contributed by atoms with E-state index in [2.05, 4.69) is 6.07 Å². The van der Waals surface area contributed by atoms with E-state index >= 15 is 0 Å². The van der Waals surface area contributed by atoms with E-state index in [1.54, 1.807) is 28.4 Å². The summed E-state index contributed by atoms with van der Waals surface area (Å²) in [5.41, 5.74) is 4.55. The van der Waals surface area contributed by atoms with Gasteiger partial charge in [0.05, 0.1) is 34.0 Å². The van der Waals surface area contributed by atoms with Gasteiger partial charge in [-0.1, -0.05) is 6.07 Å². The third kappa shape index (κ3) is 2.71. The summed E-state index contributed by atoms with van der Waals surface area (Å²) >= 11 is 0. The Morgan fingerprint density at radius 3 is 2.26 bits per heavy atom. The first-order valence-corrected chi connectivity index (χ1v) is 9.11. The van der Waals surface area contributed by atoms with E-state index < -0.39 is 0 Å². The second-order valence-electron chi connectivity index (χ2n) is 7.18. The van der Waals surface area contributed by atoms with E-state index in [-0.39, 0.29) is 10.7 Å². The lowest BCUT2D eigenvalue weighted by Gasteiger charge is -2.45. The van der Waals surface area contributed by atoms with Crippen LogP contribution in [0, 0.1) is 0 Å². The Labute approximate surface area is 159 Å². The van der Waals surface area contributed by atoms with Crippen molar-refractivity contribution >= 4 is 0 Å². The quantitative estimate of drug-likeness (QED) is 0.835. The van der Waals surface area contributed by atoms with Crippen molar-refractivity contribution in [3.8, 4) is 23.0 Å². The van der Waals surface area contributed by atoms with Gasteiger partial charge in [-0.25, -0.2) is 5.21 Å². The highest BCUT2D eigenvalue weighted by Gasteiger charge is 2.47. The summed E-state index contributed by atoms with van der Waals surface area (Å²) in [5.74, 6) is 2.85. The maximum Gasteiger partial charge on any atom is 0.169 e. The number of hydrogen-bond acceptors (Lipinski definition) is 5. The van der Waals surface area contributed by atoms with Gasteiger partial charge >= 0.3 is 0 Å². The number of benzene rings is 2. The Kier molecular flexibility index (Phi) is 4.40. The topological polar surface area (TPSA) is 57.2 Å². The van der Waals surface area contributed by atoms with Crippen molar-refractivity contribution in [2.45, 2.75) is 25.4 Å². The van der Waals surface area contributed by atoms with Gasteiger partial charge in [0.15, 0.2) is 23.0 Å². The van der Waals surface area contributed by atoms with E-state index in [0.29, 0.717) is 24.6 Å². The van der Waals surface area contributed by atoms with Crippen molar-refractivity contribution in [1.29, 1.82) is 0 Å². The Morgan fingerprint density at radius 2 is 1.59 bits per heavy atom. The lowest BCUT2D eigenvalue weighted by molar-refractivity contribution is -1.14. The maximum atomic E-state index is 11.5. The maximum absolute atomic E-state index is 11.5. The number of ether oxygens (including phenoxy) is 4. The van der Waals surface area contributed by atoms with Crippen LogP contribution in [0.25, 0.3) is 0 Å². The molecule has 0 spiro atoms. The molecule has 2 aromatic rings. The minimum absolute atomic E-state index is 0.0288. The van der Waals surface area contributed by atoms with Crippen molar-refractivity contribution in [1.82, 2.24) is 0 Å². The van der Waals surface area contributed by atoms with Crippen LogP contribution in [0.4, 0.5) is 0 Å². The Morgan fingerprint density at radius 1 is 0.889 bits per heavy atom. The van der Waals surface area contributed by atoms with Crippen molar-refractivity contribution in [2.75, 3.05) is 35.0 Å². The zero-order chi connectivity index (χ0) is 19.2. The molecule has 0 aromatic heterocycles. The lowest BCUT2D eigenvalue weighted by Crippen LogP contribution is -2.54. The molecule has 144 valence electrons. The van der Waals surface area contributed by atoms with Crippen molar-refractivity contribution < 1.29 is 28.8 Å². The van der Waals surface area contributed by atoms with Crippen LogP contribution in [-0.2, 0) is 19.4 Å². The average Bonchev–Trinajstić information content (AvgIpc) is 2.70. The van der Waals surface area contributed by atoms with Crippen LogP contribution in [0.5, 0.6) is 23.0 Å². The molecule has 6 heteroatoms. The van der Waals surface area contributed by atoms with Gasteiger partial charge in [0.2, 0.25) is 0 Å². The Bertz CT molecular complexity index is 881. The summed E-state index contributed by atoms with van der Waals surface area (Å²) in [5, 5.41) is 11.5. The second kappa shape index (κ2) is 6.62. The second-order valence-corrected chi connectivity index (χ2v) is 7.18. The first-order valence-electron chi connectivity index (χ1n) is 9.11. The van der Waals surface area contributed by atoms with Crippen LogP contribution in [0.15, 0.2) is 24.3 Å². The fourth-order valence-electron chi connectivity index (χ4n) is 4.54. The predicted octanol–water partition coefficient (Wildman–Crippen LogP) is 3.28. The first kappa shape index (κ1) is 17.9. The van der Waals surface area contributed by atoms with Crippen molar-refractivity contribution in [2.24, 2.45) is 0 Å². The van der Waals surface area contributed by atoms with Gasteiger partial charge in [-0.2, -0.15) is 4.65 Å². The standard InChI is InChI=1S/C21H26NO5/c1-24-18-6-5-13-9-17-15-11-20(26-3)19(25-2)10-14(15)7-8-22(17,23)12-16(13)21(18)27-4/h5-6,10-11,17,23H,7-9,12H2,1-4H3/q+1. The molecule has 6 nitrogen and oxygen atoms in total. The van der Waals surface area contributed by atoms with E-state index in [0.717, 1.165) is 35.5 Å². The summed E-state index contributed by atoms with van der Waals surface area (Å²) < 4.78 is 22.0. The van der Waals surface area contributed by atoms with Gasteiger partial charge in [-0.05, 0) is 29.3 Å². The highest BCUT2D eigenvalue weighted by Crippen LogP contribution is 2.48. The molecular formula is C21H26NO5+. The zero-order valence-corrected chi connectivity index (χ0v) is 16.2. The molecule has 2 aromatic carbocycles. The fourth-order valence-corrected chi connectivity index (χ4v) is 4.54. The first-order chi connectivity index (χ1) is 13.0. The molecule has 27 heavy (non-hydrogen) atoms. The summed E-state index contributed by atoms with van der Waals surface area (Å²) in [7, 11) is 6.57. The van der Waals surface area contributed by atoms with Crippen LogP contribution in [0.1, 0.15) is 28.3 Å². The highest BCUT2D eigenvalue weighted by molar-refractivity contribution is 5.53. The molecule has 2 heterocycles. The predicted molar refractivity (Wildman–Crippen MR) is 99.9 cm³/mol. The van der Waals surface area contributed by atoms with Crippen LogP contribution in [0.3, 0.4) is 0 Å². The largest absolute Gasteiger partial charge is 0.493 e. The van der Waals surface area contributed by atoms with Gasteiger partial charge in [-0.3, -0.25) is 0 Å². The summed E-state index contributed by atoms with van der Waals surface area (Å²) in [6.45, 7) is 1.14. The molecule has 2 aliphatic rings. The van der Waals surface area contributed by atoms with Gasteiger partial charge in [0, 0.05) is 18.4 Å². The molecule has 2 aliphatic heterocycles. The summed E-state index contributed by atoms with van der Waals surface area (Å²) in [4.78, 5) is 0. The molecular weight excluding hydrogens is 346 g/mol. The monoisotopic (exact) mass is 372 g/mol. The number of fused-ring (bicyclic) bond motifs is 4. The summed E-state index contributed by atoms with van der Waals surface area (Å²) in [6.07, 6.45) is 1.51. The molecule has 0 amide bonds. The molecule has 0 saturated heterocycles. The Balaban J connectivity index is 1.82. The van der Waals surface area contributed by atoms with E-state index in [1.807, 2.05) is 18.2 Å². The molecule has 4 rings (SSSR count). The average molecular weight is 372 g/mol. The molecule has 1 N–H and O–H groups in total. The van der Waals surface area contributed by atoms with Crippen molar-refractivity contribution in [3.63, 3.8) is 0 Å². The molecule has 0 aliphatic carbocycles. The van der Waals surface area contributed by atoms with Crippen LogP contribution < -0.4 is 18.9 Å². The van der Waals surface area contributed by atoms with E-state index in [4.69, 9.17) is 18.9 Å². The SMILES string of the molecule is COc1cc2c(cc1OC)C1Cc3ccc(OC)c(OC)c3C[N+]1(O)CC2. The number of hydroxylamine groups is 3. The van der Waals surface area contributed by atoms with Gasteiger partial charge in [-0.15, -0.1) is 0 Å². The molecule has 2 unspecified atom stereocenters. The Hall–Kier alpha value is -2.44. The fraction of sp³-hybridized carbons (Fsp3) is 0.429. The van der Waals surface area contributed by atoms with Crippen molar-refractivity contribution in [3.05, 3.63) is 46.5 Å². The molecule has 0 saturated carbocycles. The lowest BCUT2D eigenvalue weighted by atomic mass is 9.83. The molecule has 2 atom stereocenters. The van der Waals surface area contributed by atoms with E-state index in [9.17, 15) is 5.21 Å². The van der Waals surface area contributed by atoms with Crippen LogP contribution in [-0.4, -0.2) is 44.8 Å². The van der Waals surface area contributed by atoms with E-state index in [1.165, 1.54) is 11.1 Å². The normalized spacial score (nSPS) is 22.9. The third-order valence-electron chi connectivity index (χ3n) is 5.94. The molecule has 0 fully saturated rings. The minimum atomic E-state index is -0.0424. The molecule has 0 radical (unpaired) electrons. The van der Waals surface area contributed by atoms with Gasteiger partial charge in [0.1, 0.15) is 19.1 Å². The minimum Gasteiger partial charge on any atom is -0.493 e. The zero-order valence-electron chi connectivity index (χ0n) is 16.2. The van der Waals surface area contributed by atoms with Gasteiger partial charge in [0.25, 0.3) is 0 Å². The van der Waals surface area contributed by atoms with Gasteiger partial charge < -0.3 is 18.9 Å². The number of nitrogens with zero attached hydrogens (tertiary/aromatic N) is 1. The molecule has 0 bridgehead atoms. The highest BCUT2D eigenvalue weighted by atomic mass is 16.6. The number of hydrogen-bond donors (Lipinski definition) is 1. The van der Waals surface area contributed by atoms with Crippen LogP contribution >= 0.6 is 0 Å². The smallest absolute Gasteiger partial charge is 0.169 e. The third-order valence-corrected chi connectivity index (χ3v) is 5.94. The van der Waals surface area contributed by atoms with Crippen LogP contribution in [0.2, 0.25) is 0 Å². The summed E-state index contributed by atoms with van der Waals surface area (Å²) in [6, 6.07) is 8.04. The number of rotatable bonds is 4. The number of methoxy groups -OCH3 is 4.